The predicted molar refractivity (Wildman–Crippen MR) is 95.3 cm³/mol. The number of nitrogens with zero attached hydrogens (tertiary/aromatic N) is 2. The van der Waals surface area contributed by atoms with Crippen LogP contribution in [0.2, 0.25) is 5.02 Å². The molecule has 5 nitrogen and oxygen atoms in total. The number of carbonyl (C=O) groups is 2. The molecule has 0 unspecified atom stereocenters. The SMILES string of the molecule is CN(Cc1ccccc1Cl)C(=O)C1CCN(C(=O)c2ccco2)CC1. The van der Waals surface area contributed by atoms with Gasteiger partial charge in [-0.15, -0.1) is 0 Å². The van der Waals surface area contributed by atoms with E-state index in [9.17, 15) is 9.59 Å². The van der Waals surface area contributed by atoms with Crippen molar-refractivity contribution in [3.63, 3.8) is 0 Å². The van der Waals surface area contributed by atoms with Crippen LogP contribution in [0.3, 0.4) is 0 Å². The van der Waals surface area contributed by atoms with Gasteiger partial charge in [-0.25, -0.2) is 0 Å². The zero-order chi connectivity index (χ0) is 17.8. The molecule has 1 saturated heterocycles. The average molecular weight is 361 g/mol. The fourth-order valence-corrected chi connectivity index (χ4v) is 3.35. The molecule has 3 rings (SSSR count). The molecule has 2 amide bonds. The molecule has 0 radical (unpaired) electrons. The first-order valence-electron chi connectivity index (χ1n) is 8.37. The minimum atomic E-state index is -0.111. The van der Waals surface area contributed by atoms with Crippen LogP contribution in [-0.4, -0.2) is 41.8 Å². The van der Waals surface area contributed by atoms with Crippen molar-refractivity contribution in [3.8, 4) is 0 Å². The third-order valence-electron chi connectivity index (χ3n) is 4.60. The number of rotatable bonds is 4. The van der Waals surface area contributed by atoms with Crippen molar-refractivity contribution in [2.45, 2.75) is 19.4 Å². The van der Waals surface area contributed by atoms with E-state index in [4.69, 9.17) is 16.0 Å². The van der Waals surface area contributed by atoms with Gasteiger partial charge < -0.3 is 14.2 Å². The third-order valence-corrected chi connectivity index (χ3v) is 4.97. The predicted octanol–water partition coefficient (Wildman–Crippen LogP) is 3.44. The molecule has 1 fully saturated rings. The Morgan fingerprint density at radius 1 is 1.20 bits per heavy atom. The van der Waals surface area contributed by atoms with Crippen molar-refractivity contribution in [2.75, 3.05) is 20.1 Å². The van der Waals surface area contributed by atoms with E-state index >= 15 is 0 Å². The van der Waals surface area contributed by atoms with Gasteiger partial charge in [0.2, 0.25) is 5.91 Å². The minimum Gasteiger partial charge on any atom is -0.459 e. The van der Waals surface area contributed by atoms with Crippen LogP contribution in [0.25, 0.3) is 0 Å². The first-order chi connectivity index (χ1) is 12.1. The second-order valence-corrected chi connectivity index (χ2v) is 6.74. The van der Waals surface area contributed by atoms with Crippen molar-refractivity contribution in [1.29, 1.82) is 0 Å². The van der Waals surface area contributed by atoms with Crippen LogP contribution in [-0.2, 0) is 11.3 Å². The fourth-order valence-electron chi connectivity index (χ4n) is 3.16. The molecular weight excluding hydrogens is 340 g/mol. The Balaban J connectivity index is 1.54. The van der Waals surface area contributed by atoms with Crippen LogP contribution in [0, 0.1) is 5.92 Å². The summed E-state index contributed by atoms with van der Waals surface area (Å²) in [5.74, 6) is 0.277. The van der Waals surface area contributed by atoms with Gasteiger partial charge in [0, 0.05) is 37.6 Å². The Bertz CT molecular complexity index is 737. The molecule has 25 heavy (non-hydrogen) atoms. The standard InChI is InChI=1S/C19H21ClN2O3/c1-21(13-15-5-2-3-6-16(15)20)18(23)14-8-10-22(11-9-14)19(24)17-7-4-12-25-17/h2-7,12,14H,8-11,13H2,1H3. The Hall–Kier alpha value is -2.27. The lowest BCUT2D eigenvalue weighted by Gasteiger charge is -2.32. The molecule has 1 aromatic carbocycles. The maximum absolute atomic E-state index is 12.7. The van der Waals surface area contributed by atoms with Gasteiger partial charge in [-0.05, 0) is 36.6 Å². The molecule has 132 valence electrons. The minimum absolute atomic E-state index is 0.0619. The highest BCUT2D eigenvalue weighted by atomic mass is 35.5. The van der Waals surface area contributed by atoms with Crippen LogP contribution < -0.4 is 0 Å². The molecule has 0 atom stereocenters. The average Bonchev–Trinajstić information content (AvgIpc) is 3.17. The zero-order valence-corrected chi connectivity index (χ0v) is 14.9. The second kappa shape index (κ2) is 7.74. The molecule has 0 saturated carbocycles. The number of benzene rings is 1. The van der Waals surface area contributed by atoms with E-state index in [1.165, 1.54) is 6.26 Å². The van der Waals surface area contributed by atoms with Gasteiger partial charge >= 0.3 is 0 Å². The summed E-state index contributed by atoms with van der Waals surface area (Å²) >= 11 is 6.17. The smallest absolute Gasteiger partial charge is 0.289 e. The van der Waals surface area contributed by atoms with E-state index in [0.29, 0.717) is 43.3 Å². The maximum atomic E-state index is 12.7. The molecule has 0 N–H and O–H groups in total. The molecular formula is C19H21ClN2O3. The summed E-state index contributed by atoms with van der Waals surface area (Å²) in [6.07, 6.45) is 2.82. The highest BCUT2D eigenvalue weighted by Crippen LogP contribution is 2.23. The van der Waals surface area contributed by atoms with E-state index in [1.54, 1.807) is 29.0 Å². The van der Waals surface area contributed by atoms with Crippen molar-refractivity contribution in [1.82, 2.24) is 9.80 Å². The molecule has 0 bridgehead atoms. The number of hydrogen-bond acceptors (Lipinski definition) is 3. The number of halogens is 1. The Kier molecular flexibility index (Phi) is 5.43. The molecule has 0 spiro atoms. The maximum Gasteiger partial charge on any atom is 0.289 e. The summed E-state index contributed by atoms with van der Waals surface area (Å²) in [6.45, 7) is 1.62. The van der Waals surface area contributed by atoms with E-state index < -0.39 is 0 Å². The van der Waals surface area contributed by atoms with Gasteiger partial charge in [-0.2, -0.15) is 0 Å². The van der Waals surface area contributed by atoms with Crippen LogP contribution in [0.15, 0.2) is 47.1 Å². The molecule has 1 aromatic heterocycles. The highest BCUT2D eigenvalue weighted by Gasteiger charge is 2.30. The largest absolute Gasteiger partial charge is 0.459 e. The van der Waals surface area contributed by atoms with Gasteiger partial charge in [0.25, 0.3) is 5.91 Å². The molecule has 0 aliphatic carbocycles. The summed E-state index contributed by atoms with van der Waals surface area (Å²) in [5.41, 5.74) is 0.936. The van der Waals surface area contributed by atoms with Crippen LogP contribution >= 0.6 is 11.6 Å². The number of amides is 2. The molecule has 2 aromatic rings. The Labute approximate surface area is 152 Å². The monoisotopic (exact) mass is 360 g/mol. The van der Waals surface area contributed by atoms with Crippen molar-refractivity contribution >= 4 is 23.4 Å². The zero-order valence-electron chi connectivity index (χ0n) is 14.2. The topological polar surface area (TPSA) is 53.8 Å². The lowest BCUT2D eigenvalue weighted by molar-refractivity contribution is -0.136. The second-order valence-electron chi connectivity index (χ2n) is 6.33. The molecule has 2 heterocycles. The molecule has 1 aliphatic heterocycles. The summed E-state index contributed by atoms with van der Waals surface area (Å²) in [6, 6.07) is 10.9. The van der Waals surface area contributed by atoms with Gasteiger partial charge in [0.05, 0.1) is 6.26 Å². The first-order valence-corrected chi connectivity index (χ1v) is 8.75. The van der Waals surface area contributed by atoms with Gasteiger partial charge in [-0.1, -0.05) is 29.8 Å². The molecule has 1 aliphatic rings. The van der Waals surface area contributed by atoms with Gasteiger partial charge in [-0.3, -0.25) is 9.59 Å². The number of hydrogen-bond donors (Lipinski definition) is 0. The summed E-state index contributed by atoms with van der Waals surface area (Å²) in [7, 11) is 1.80. The van der Waals surface area contributed by atoms with Crippen molar-refractivity contribution in [3.05, 3.63) is 59.0 Å². The normalized spacial score (nSPS) is 15.2. The Morgan fingerprint density at radius 2 is 1.92 bits per heavy atom. The lowest BCUT2D eigenvalue weighted by Crippen LogP contribution is -2.43. The summed E-state index contributed by atoms with van der Waals surface area (Å²) in [5, 5.41) is 0.668. The number of carbonyl (C=O) groups excluding carboxylic acids is 2. The van der Waals surface area contributed by atoms with Crippen molar-refractivity contribution in [2.24, 2.45) is 5.92 Å². The van der Waals surface area contributed by atoms with Crippen LogP contribution in [0.1, 0.15) is 29.0 Å². The quantitative estimate of drug-likeness (QED) is 0.839. The summed E-state index contributed by atoms with van der Waals surface area (Å²) in [4.78, 5) is 28.4. The van der Waals surface area contributed by atoms with E-state index in [0.717, 1.165) is 5.56 Å². The van der Waals surface area contributed by atoms with Crippen molar-refractivity contribution < 1.29 is 14.0 Å². The lowest BCUT2D eigenvalue weighted by atomic mass is 9.95. The first kappa shape index (κ1) is 17.5. The fraction of sp³-hybridized carbons (Fsp3) is 0.368. The third kappa shape index (κ3) is 4.04. The summed E-state index contributed by atoms with van der Waals surface area (Å²) < 4.78 is 5.16. The van der Waals surface area contributed by atoms with E-state index in [2.05, 4.69) is 0 Å². The van der Waals surface area contributed by atoms with Crippen LogP contribution in [0.5, 0.6) is 0 Å². The number of likely N-dealkylation sites (tertiary alicyclic amines) is 1. The molecule has 6 heteroatoms. The number of piperidine rings is 1. The Morgan fingerprint density at radius 3 is 2.56 bits per heavy atom. The highest BCUT2D eigenvalue weighted by molar-refractivity contribution is 6.31. The van der Waals surface area contributed by atoms with Gasteiger partial charge in [0.15, 0.2) is 5.76 Å². The number of furan rings is 1. The van der Waals surface area contributed by atoms with E-state index in [1.807, 2.05) is 24.3 Å². The van der Waals surface area contributed by atoms with Gasteiger partial charge in [0.1, 0.15) is 0 Å². The van der Waals surface area contributed by atoms with Crippen LogP contribution in [0.4, 0.5) is 0 Å². The van der Waals surface area contributed by atoms with E-state index in [-0.39, 0.29) is 17.7 Å².